The maximum atomic E-state index is 12.7. The molecule has 3 heterocycles. The van der Waals surface area contributed by atoms with Crippen molar-refractivity contribution >= 4 is 5.91 Å². The summed E-state index contributed by atoms with van der Waals surface area (Å²) >= 11 is 0. The first-order valence-electron chi connectivity index (χ1n) is 8.74. The Morgan fingerprint density at radius 1 is 1.38 bits per heavy atom. The number of nitrogens with zero attached hydrogens (tertiary/aromatic N) is 6. The van der Waals surface area contributed by atoms with E-state index in [1.807, 2.05) is 20.3 Å². The van der Waals surface area contributed by atoms with Gasteiger partial charge in [0.1, 0.15) is 5.82 Å². The lowest BCUT2D eigenvalue weighted by molar-refractivity contribution is 0.0546. The van der Waals surface area contributed by atoms with Crippen LogP contribution in [0.3, 0.4) is 0 Å². The lowest BCUT2D eigenvalue weighted by Gasteiger charge is -2.32. The molecule has 0 radical (unpaired) electrons. The lowest BCUT2D eigenvalue weighted by atomic mass is 9.97. The molecule has 2 aromatic heterocycles. The van der Waals surface area contributed by atoms with Gasteiger partial charge in [0.15, 0.2) is 5.69 Å². The molecule has 2 aromatic rings. The Kier molecular flexibility index (Phi) is 5.65. The van der Waals surface area contributed by atoms with Gasteiger partial charge in [-0.3, -0.25) is 4.79 Å². The van der Waals surface area contributed by atoms with Crippen molar-refractivity contribution in [3.05, 3.63) is 36.2 Å². The van der Waals surface area contributed by atoms with Gasteiger partial charge in [-0.2, -0.15) is 13.9 Å². The van der Waals surface area contributed by atoms with Crippen molar-refractivity contribution in [2.45, 2.75) is 31.9 Å². The normalized spacial score (nSPS) is 18.1. The number of likely N-dealkylation sites (N-methyl/N-ethyl adjacent to an activating group) is 1. The minimum Gasteiger partial charge on any atom is -0.337 e. The molecule has 3 rings (SSSR count). The third-order valence-electron chi connectivity index (χ3n) is 4.64. The van der Waals surface area contributed by atoms with Crippen molar-refractivity contribution in [3.8, 4) is 0 Å². The van der Waals surface area contributed by atoms with E-state index in [1.54, 1.807) is 11.1 Å². The molecule has 9 heteroatoms. The Morgan fingerprint density at radius 2 is 2.19 bits per heavy atom. The number of hydrogen-bond donors (Lipinski definition) is 0. The summed E-state index contributed by atoms with van der Waals surface area (Å²) in [4.78, 5) is 20.9. The number of piperidine rings is 1. The van der Waals surface area contributed by atoms with Gasteiger partial charge in [-0.05, 0) is 33.0 Å². The van der Waals surface area contributed by atoms with Crippen LogP contribution in [0.1, 0.15) is 41.6 Å². The van der Waals surface area contributed by atoms with Crippen molar-refractivity contribution in [2.75, 3.05) is 33.7 Å². The molecule has 7 nitrogen and oxygen atoms in total. The highest BCUT2D eigenvalue weighted by Crippen LogP contribution is 2.27. The van der Waals surface area contributed by atoms with E-state index in [0.29, 0.717) is 17.8 Å². The van der Waals surface area contributed by atoms with Crippen LogP contribution in [-0.2, 0) is 6.54 Å². The maximum absolute atomic E-state index is 12.7. The number of likely N-dealkylation sites (tertiary alicyclic amines) is 1. The fourth-order valence-corrected chi connectivity index (χ4v) is 3.27. The molecule has 142 valence electrons. The Labute approximate surface area is 151 Å². The average Bonchev–Trinajstić information content (AvgIpc) is 3.29. The molecule has 0 aliphatic carbocycles. The van der Waals surface area contributed by atoms with Gasteiger partial charge in [0.25, 0.3) is 5.91 Å². The zero-order valence-electron chi connectivity index (χ0n) is 15.1. The fraction of sp³-hybridized carbons (Fsp3) is 0.588. The molecule has 0 bridgehead atoms. The van der Waals surface area contributed by atoms with Gasteiger partial charge < -0.3 is 14.4 Å². The molecule has 0 N–H and O–H groups in total. The third kappa shape index (κ3) is 4.09. The summed E-state index contributed by atoms with van der Waals surface area (Å²) < 4.78 is 28.0. The van der Waals surface area contributed by atoms with Gasteiger partial charge in [0, 0.05) is 50.7 Å². The molecule has 0 saturated carbocycles. The summed E-state index contributed by atoms with van der Waals surface area (Å²) in [7, 11) is 4.05. The van der Waals surface area contributed by atoms with E-state index in [-0.39, 0.29) is 17.5 Å². The van der Waals surface area contributed by atoms with Crippen LogP contribution in [0.25, 0.3) is 0 Å². The monoisotopic (exact) mass is 366 g/mol. The Balaban J connectivity index is 1.69. The van der Waals surface area contributed by atoms with Crippen LogP contribution in [0.4, 0.5) is 8.78 Å². The number of halogens is 2. The first-order chi connectivity index (χ1) is 12.5. The van der Waals surface area contributed by atoms with Gasteiger partial charge in [-0.25, -0.2) is 9.67 Å². The predicted octanol–water partition coefficient (Wildman–Crippen LogP) is 2.06. The van der Waals surface area contributed by atoms with Crippen molar-refractivity contribution < 1.29 is 13.6 Å². The topological polar surface area (TPSA) is 59.2 Å². The van der Waals surface area contributed by atoms with Crippen LogP contribution in [0.5, 0.6) is 0 Å². The molecule has 1 saturated heterocycles. The van der Waals surface area contributed by atoms with Gasteiger partial charge in [0.2, 0.25) is 0 Å². The minimum absolute atomic E-state index is 0.0573. The summed E-state index contributed by atoms with van der Waals surface area (Å²) in [6.45, 7) is 0.138. The highest BCUT2D eigenvalue weighted by Gasteiger charge is 2.29. The minimum atomic E-state index is -2.74. The van der Waals surface area contributed by atoms with E-state index in [4.69, 9.17) is 0 Å². The van der Waals surface area contributed by atoms with E-state index in [2.05, 4.69) is 19.5 Å². The first-order valence-corrected chi connectivity index (χ1v) is 8.74. The number of hydrogen-bond acceptors (Lipinski definition) is 4. The third-order valence-corrected chi connectivity index (χ3v) is 4.64. The number of rotatable bonds is 6. The standard InChI is InChI=1S/C17H24F2N6O/c1-22(2)10-11-23-9-6-20-15(23)13-4-3-7-24(12-13)16(26)14-5-8-25(21-14)17(18)19/h5-6,8-9,13,17H,3-4,7,10-12H2,1-2H3/t13-/m1/s1. The van der Waals surface area contributed by atoms with E-state index in [1.165, 1.54) is 6.07 Å². The lowest BCUT2D eigenvalue weighted by Crippen LogP contribution is -2.40. The first kappa shape index (κ1) is 18.5. The van der Waals surface area contributed by atoms with Crippen LogP contribution in [0.2, 0.25) is 0 Å². The summed E-state index contributed by atoms with van der Waals surface area (Å²) in [5.41, 5.74) is 0.0573. The van der Waals surface area contributed by atoms with Crippen LogP contribution in [0.15, 0.2) is 24.7 Å². The second-order valence-corrected chi connectivity index (χ2v) is 6.83. The highest BCUT2D eigenvalue weighted by atomic mass is 19.3. The van der Waals surface area contributed by atoms with E-state index in [9.17, 15) is 13.6 Å². The Bertz CT molecular complexity index is 741. The fourth-order valence-electron chi connectivity index (χ4n) is 3.27. The number of carbonyl (C=O) groups is 1. The molecule has 26 heavy (non-hydrogen) atoms. The summed E-state index contributed by atoms with van der Waals surface area (Å²) in [5, 5.41) is 3.69. The number of carbonyl (C=O) groups excluding carboxylic acids is 1. The largest absolute Gasteiger partial charge is 0.337 e. The summed E-state index contributed by atoms with van der Waals surface area (Å²) in [6.07, 6.45) is 6.69. The smallest absolute Gasteiger partial charge is 0.333 e. The quantitative estimate of drug-likeness (QED) is 0.785. The van der Waals surface area contributed by atoms with Gasteiger partial charge in [0.05, 0.1) is 0 Å². The van der Waals surface area contributed by atoms with Crippen molar-refractivity contribution in [1.82, 2.24) is 29.1 Å². The Morgan fingerprint density at radius 3 is 2.88 bits per heavy atom. The number of amides is 1. The SMILES string of the molecule is CN(C)CCn1ccnc1[C@@H]1CCCN(C(=O)c2ccn(C(F)F)n2)C1. The molecule has 1 amide bonds. The molecule has 0 unspecified atom stereocenters. The zero-order valence-corrected chi connectivity index (χ0v) is 15.1. The second-order valence-electron chi connectivity index (χ2n) is 6.83. The predicted molar refractivity (Wildman–Crippen MR) is 92.1 cm³/mol. The maximum Gasteiger partial charge on any atom is 0.333 e. The number of aromatic nitrogens is 4. The number of imidazole rings is 1. The van der Waals surface area contributed by atoms with E-state index in [0.717, 1.165) is 38.0 Å². The molecule has 0 spiro atoms. The van der Waals surface area contributed by atoms with E-state index < -0.39 is 6.55 Å². The Hall–Kier alpha value is -2.29. The molecular weight excluding hydrogens is 342 g/mol. The summed E-state index contributed by atoms with van der Waals surface area (Å²) in [6, 6.07) is 1.34. The second kappa shape index (κ2) is 7.94. The van der Waals surface area contributed by atoms with Crippen molar-refractivity contribution in [1.29, 1.82) is 0 Å². The summed E-state index contributed by atoms with van der Waals surface area (Å²) in [5.74, 6) is 0.810. The van der Waals surface area contributed by atoms with Crippen LogP contribution in [-0.4, -0.2) is 68.8 Å². The van der Waals surface area contributed by atoms with Gasteiger partial charge >= 0.3 is 6.55 Å². The average molecular weight is 366 g/mol. The number of alkyl halides is 2. The molecular formula is C17H24F2N6O. The van der Waals surface area contributed by atoms with Crippen LogP contribution in [0, 0.1) is 0 Å². The van der Waals surface area contributed by atoms with Crippen molar-refractivity contribution in [3.63, 3.8) is 0 Å². The molecule has 1 aliphatic heterocycles. The highest BCUT2D eigenvalue weighted by molar-refractivity contribution is 5.92. The molecule has 1 aliphatic rings. The molecule has 1 fully saturated rings. The molecule has 1 atom stereocenters. The van der Waals surface area contributed by atoms with Crippen LogP contribution < -0.4 is 0 Å². The van der Waals surface area contributed by atoms with Crippen molar-refractivity contribution in [2.24, 2.45) is 0 Å². The molecule has 0 aromatic carbocycles. The van der Waals surface area contributed by atoms with Gasteiger partial charge in [-0.15, -0.1) is 0 Å². The zero-order chi connectivity index (χ0) is 18.7. The van der Waals surface area contributed by atoms with E-state index >= 15 is 0 Å². The van der Waals surface area contributed by atoms with Gasteiger partial charge in [-0.1, -0.05) is 0 Å². The van der Waals surface area contributed by atoms with Crippen LogP contribution >= 0.6 is 0 Å².